The molecule has 0 amide bonds. The monoisotopic (exact) mass is 202 g/mol. The van der Waals surface area contributed by atoms with E-state index in [9.17, 15) is 4.39 Å². The number of aromatic amines is 1. The molecule has 0 radical (unpaired) electrons. The average molecular weight is 202 g/mol. The number of nitrogens with one attached hydrogen (secondary N) is 1. The number of hydrogen-bond donors (Lipinski definition) is 1. The topological polar surface area (TPSA) is 28.7 Å². The number of aromatic nitrogens is 2. The van der Waals surface area contributed by atoms with Gasteiger partial charge >= 0.3 is 0 Å². The first kappa shape index (κ1) is 8.65. The third-order valence-electron chi connectivity index (χ3n) is 2.94. The molecular weight excluding hydrogens is 191 g/mol. The van der Waals surface area contributed by atoms with Crippen molar-refractivity contribution in [3.05, 3.63) is 41.3 Å². The lowest BCUT2D eigenvalue weighted by atomic mass is 10.0. The molecule has 0 bridgehead atoms. The van der Waals surface area contributed by atoms with E-state index < -0.39 is 0 Å². The Hall–Kier alpha value is -1.64. The summed E-state index contributed by atoms with van der Waals surface area (Å²) >= 11 is 0. The fourth-order valence-electron chi connectivity index (χ4n) is 2.20. The molecule has 0 saturated heterocycles. The predicted octanol–water partition coefficient (Wildman–Crippen LogP) is 2.70. The molecule has 1 heterocycles. The van der Waals surface area contributed by atoms with Gasteiger partial charge in [0, 0.05) is 11.8 Å². The van der Waals surface area contributed by atoms with Crippen LogP contribution in [-0.4, -0.2) is 10.2 Å². The molecule has 0 aliphatic heterocycles. The second kappa shape index (κ2) is 3.19. The lowest BCUT2D eigenvalue weighted by Crippen LogP contribution is -1.89. The van der Waals surface area contributed by atoms with E-state index in [0.29, 0.717) is 0 Å². The fraction of sp³-hybridized carbons (Fsp3) is 0.250. The van der Waals surface area contributed by atoms with Gasteiger partial charge in [0.2, 0.25) is 0 Å². The molecule has 1 aliphatic rings. The Balaban J connectivity index is 2.27. The number of H-pyrrole nitrogens is 1. The number of halogens is 1. The van der Waals surface area contributed by atoms with Crippen LogP contribution in [0.25, 0.3) is 11.3 Å². The second-order valence-electron chi connectivity index (χ2n) is 3.91. The van der Waals surface area contributed by atoms with Crippen LogP contribution in [0.1, 0.15) is 17.5 Å². The van der Waals surface area contributed by atoms with Crippen molar-refractivity contribution in [3.63, 3.8) is 0 Å². The maximum absolute atomic E-state index is 13.2. The summed E-state index contributed by atoms with van der Waals surface area (Å²) in [5.74, 6) is -0.190. The van der Waals surface area contributed by atoms with E-state index in [1.54, 1.807) is 6.07 Å². The summed E-state index contributed by atoms with van der Waals surface area (Å²) in [6.07, 6.45) is 5.04. The number of aryl methyl sites for hydroxylation is 2. The SMILES string of the molecule is Fc1ccc2c(c1)-c1n[nH]cc1CCC2. The number of rotatable bonds is 0. The van der Waals surface area contributed by atoms with E-state index in [-0.39, 0.29) is 5.82 Å². The molecule has 2 aromatic rings. The van der Waals surface area contributed by atoms with Gasteiger partial charge < -0.3 is 0 Å². The zero-order valence-corrected chi connectivity index (χ0v) is 8.26. The molecule has 76 valence electrons. The summed E-state index contributed by atoms with van der Waals surface area (Å²) in [5, 5.41) is 7.06. The molecule has 3 heteroatoms. The largest absolute Gasteiger partial charge is 0.285 e. The minimum atomic E-state index is -0.190. The normalized spacial score (nSPS) is 14.2. The van der Waals surface area contributed by atoms with Crippen LogP contribution in [0.4, 0.5) is 4.39 Å². The highest BCUT2D eigenvalue weighted by molar-refractivity contribution is 5.67. The summed E-state index contributed by atoms with van der Waals surface area (Å²) in [6, 6.07) is 4.98. The van der Waals surface area contributed by atoms with E-state index >= 15 is 0 Å². The molecule has 0 saturated carbocycles. The average Bonchev–Trinajstić information content (AvgIpc) is 2.62. The molecule has 1 aromatic heterocycles. The van der Waals surface area contributed by atoms with E-state index in [1.807, 2.05) is 12.3 Å². The van der Waals surface area contributed by atoms with Crippen molar-refractivity contribution in [2.45, 2.75) is 19.3 Å². The van der Waals surface area contributed by atoms with Crippen molar-refractivity contribution >= 4 is 0 Å². The van der Waals surface area contributed by atoms with E-state index in [0.717, 1.165) is 30.5 Å². The summed E-state index contributed by atoms with van der Waals surface area (Å²) in [5.41, 5.74) is 4.26. The molecule has 1 N–H and O–H groups in total. The summed E-state index contributed by atoms with van der Waals surface area (Å²) in [7, 11) is 0. The van der Waals surface area contributed by atoms with Gasteiger partial charge in [0.1, 0.15) is 5.82 Å². The van der Waals surface area contributed by atoms with Gasteiger partial charge in [0.25, 0.3) is 0 Å². The van der Waals surface area contributed by atoms with Crippen LogP contribution in [0.3, 0.4) is 0 Å². The number of fused-ring (bicyclic) bond motifs is 3. The third-order valence-corrected chi connectivity index (χ3v) is 2.94. The molecule has 0 fully saturated rings. The van der Waals surface area contributed by atoms with Crippen molar-refractivity contribution < 1.29 is 4.39 Å². The molecule has 0 atom stereocenters. The molecular formula is C12H11FN2. The Kier molecular flexibility index (Phi) is 1.84. The lowest BCUT2D eigenvalue weighted by Gasteiger charge is -2.04. The Morgan fingerprint density at radius 1 is 1.20 bits per heavy atom. The van der Waals surface area contributed by atoms with Crippen molar-refractivity contribution in [3.8, 4) is 11.3 Å². The Labute approximate surface area is 87.1 Å². The van der Waals surface area contributed by atoms with Gasteiger partial charge in [-0.25, -0.2) is 4.39 Å². The van der Waals surface area contributed by atoms with Crippen molar-refractivity contribution in [2.75, 3.05) is 0 Å². The van der Waals surface area contributed by atoms with Crippen molar-refractivity contribution in [1.29, 1.82) is 0 Å². The molecule has 0 spiro atoms. The van der Waals surface area contributed by atoms with Gasteiger partial charge in [-0.05, 0) is 42.5 Å². The highest BCUT2D eigenvalue weighted by atomic mass is 19.1. The quantitative estimate of drug-likeness (QED) is 0.699. The number of nitrogens with zero attached hydrogens (tertiary/aromatic N) is 1. The van der Waals surface area contributed by atoms with Crippen LogP contribution < -0.4 is 0 Å². The predicted molar refractivity (Wildman–Crippen MR) is 56.0 cm³/mol. The van der Waals surface area contributed by atoms with Crippen LogP contribution in [0.5, 0.6) is 0 Å². The van der Waals surface area contributed by atoms with Crippen molar-refractivity contribution in [2.24, 2.45) is 0 Å². The highest BCUT2D eigenvalue weighted by Gasteiger charge is 2.16. The molecule has 1 aliphatic carbocycles. The number of hydrogen-bond acceptors (Lipinski definition) is 1. The first-order chi connectivity index (χ1) is 7.34. The van der Waals surface area contributed by atoms with E-state index in [4.69, 9.17) is 0 Å². The van der Waals surface area contributed by atoms with Crippen LogP contribution in [0.15, 0.2) is 24.4 Å². The molecule has 15 heavy (non-hydrogen) atoms. The van der Waals surface area contributed by atoms with Gasteiger partial charge in [-0.1, -0.05) is 6.07 Å². The van der Waals surface area contributed by atoms with E-state index in [1.165, 1.54) is 17.2 Å². The minimum absolute atomic E-state index is 0.190. The summed E-state index contributed by atoms with van der Waals surface area (Å²) in [6.45, 7) is 0. The summed E-state index contributed by atoms with van der Waals surface area (Å²) in [4.78, 5) is 0. The molecule has 0 unspecified atom stereocenters. The molecule has 3 rings (SSSR count). The van der Waals surface area contributed by atoms with Gasteiger partial charge in [0.05, 0.1) is 5.69 Å². The van der Waals surface area contributed by atoms with E-state index in [2.05, 4.69) is 10.2 Å². The minimum Gasteiger partial charge on any atom is -0.285 e. The summed E-state index contributed by atoms with van der Waals surface area (Å²) < 4.78 is 13.2. The van der Waals surface area contributed by atoms with Crippen LogP contribution in [0, 0.1) is 5.82 Å². The van der Waals surface area contributed by atoms with Crippen molar-refractivity contribution in [1.82, 2.24) is 10.2 Å². The molecule has 1 aromatic carbocycles. The van der Waals surface area contributed by atoms with Crippen LogP contribution >= 0.6 is 0 Å². The van der Waals surface area contributed by atoms with Gasteiger partial charge in [-0.3, -0.25) is 5.10 Å². The smallest absolute Gasteiger partial charge is 0.123 e. The fourth-order valence-corrected chi connectivity index (χ4v) is 2.20. The first-order valence-electron chi connectivity index (χ1n) is 5.16. The molecule has 2 nitrogen and oxygen atoms in total. The maximum atomic E-state index is 13.2. The zero-order valence-electron chi connectivity index (χ0n) is 8.26. The zero-order chi connectivity index (χ0) is 10.3. The second-order valence-corrected chi connectivity index (χ2v) is 3.91. The van der Waals surface area contributed by atoms with Crippen LogP contribution in [-0.2, 0) is 12.8 Å². The van der Waals surface area contributed by atoms with Gasteiger partial charge in [-0.15, -0.1) is 0 Å². The first-order valence-corrected chi connectivity index (χ1v) is 5.16. The number of benzene rings is 1. The Bertz CT molecular complexity index is 502. The van der Waals surface area contributed by atoms with Gasteiger partial charge in [0.15, 0.2) is 0 Å². The highest BCUT2D eigenvalue weighted by Crippen LogP contribution is 2.30. The maximum Gasteiger partial charge on any atom is 0.123 e. The Morgan fingerprint density at radius 2 is 2.07 bits per heavy atom. The Morgan fingerprint density at radius 3 is 3.00 bits per heavy atom. The third kappa shape index (κ3) is 1.35. The van der Waals surface area contributed by atoms with Crippen LogP contribution in [0.2, 0.25) is 0 Å². The van der Waals surface area contributed by atoms with Gasteiger partial charge in [-0.2, -0.15) is 5.10 Å². The standard InChI is InChI=1S/C12H11FN2/c13-10-5-4-8-2-1-3-9-7-14-15-12(9)11(8)6-10/h4-7H,1-3H2,(H,14,15). The lowest BCUT2D eigenvalue weighted by molar-refractivity contribution is 0.627.